The molecule has 0 amide bonds. The van der Waals surface area contributed by atoms with Crippen LogP contribution in [0.25, 0.3) is 0 Å². The Labute approximate surface area is 111 Å². The van der Waals surface area contributed by atoms with Crippen molar-refractivity contribution in [2.45, 2.75) is 52.4 Å². The Morgan fingerprint density at radius 1 is 1.06 bits per heavy atom. The monoisotopic (exact) mass is 246 g/mol. The van der Waals surface area contributed by atoms with E-state index >= 15 is 0 Å². The number of aryl methyl sites for hydroxylation is 1. The predicted octanol–water partition coefficient (Wildman–Crippen LogP) is 4.79. The molecule has 0 saturated heterocycles. The van der Waals surface area contributed by atoms with Crippen molar-refractivity contribution in [3.63, 3.8) is 0 Å². The van der Waals surface area contributed by atoms with Crippen LogP contribution in [0.1, 0.15) is 50.2 Å². The van der Waals surface area contributed by atoms with Gasteiger partial charge in [0, 0.05) is 6.42 Å². The van der Waals surface area contributed by atoms with Gasteiger partial charge in [0.1, 0.15) is 0 Å². The third kappa shape index (κ3) is 9.76. The Morgan fingerprint density at radius 2 is 1.83 bits per heavy atom. The molecule has 100 valence electrons. The quantitative estimate of drug-likeness (QED) is 0.513. The topological polar surface area (TPSA) is 47.7 Å². The highest BCUT2D eigenvalue weighted by molar-refractivity contribution is 5.57. The van der Waals surface area contributed by atoms with Gasteiger partial charge in [-0.15, -0.1) is 0 Å². The summed E-state index contributed by atoms with van der Waals surface area (Å²) in [4.78, 5) is 0. The van der Waals surface area contributed by atoms with Crippen molar-refractivity contribution in [2.75, 3.05) is 0 Å². The van der Waals surface area contributed by atoms with Crippen LogP contribution >= 0.6 is 0 Å². The Morgan fingerprint density at radius 3 is 2.39 bits per heavy atom. The molecule has 1 aromatic carbocycles. The van der Waals surface area contributed by atoms with Crippen molar-refractivity contribution >= 4 is 12.4 Å². The van der Waals surface area contributed by atoms with Crippen molar-refractivity contribution in [3.8, 4) is 0 Å². The lowest BCUT2D eigenvalue weighted by molar-refractivity contribution is 0.685. The zero-order chi connectivity index (χ0) is 13.6. The minimum atomic E-state index is 0.752. The summed E-state index contributed by atoms with van der Waals surface area (Å²) in [6.07, 6.45) is 9.77. The molecule has 0 spiro atoms. The molecule has 0 unspecified atom stereocenters. The minimum Gasteiger partial charge on any atom is -0.313 e. The van der Waals surface area contributed by atoms with Crippen LogP contribution in [0.2, 0.25) is 0 Å². The van der Waals surface area contributed by atoms with Crippen LogP contribution in [0.5, 0.6) is 0 Å². The lowest BCUT2D eigenvalue weighted by Gasteiger charge is -1.95. The number of unbranched alkanes of at least 4 members (excludes halogenated alkanes) is 4. The molecule has 0 bridgehead atoms. The Kier molecular flexibility index (Phi) is 11.1. The maximum absolute atomic E-state index is 6.89. The highest BCUT2D eigenvalue weighted by Crippen LogP contribution is 2.02. The third-order valence-corrected chi connectivity index (χ3v) is 2.62. The van der Waals surface area contributed by atoms with Gasteiger partial charge in [0.15, 0.2) is 0 Å². The van der Waals surface area contributed by atoms with Gasteiger partial charge in [-0.25, -0.2) is 0 Å². The first-order valence-corrected chi connectivity index (χ1v) is 6.78. The highest BCUT2D eigenvalue weighted by atomic mass is 14.3. The van der Waals surface area contributed by atoms with Gasteiger partial charge >= 0.3 is 0 Å². The van der Waals surface area contributed by atoms with Gasteiger partial charge in [-0.2, -0.15) is 0 Å². The first-order chi connectivity index (χ1) is 8.74. The molecule has 1 rings (SSSR count). The second-order valence-electron chi connectivity index (χ2n) is 4.45. The van der Waals surface area contributed by atoms with E-state index in [2.05, 4.69) is 26.0 Å². The molecule has 0 aromatic heterocycles. The molecular formula is C16H26N2. The fourth-order valence-electron chi connectivity index (χ4n) is 1.63. The van der Waals surface area contributed by atoms with Gasteiger partial charge in [-0.05, 0) is 37.8 Å². The van der Waals surface area contributed by atoms with Gasteiger partial charge in [-0.1, -0.05) is 56.0 Å². The van der Waals surface area contributed by atoms with E-state index in [9.17, 15) is 0 Å². The molecule has 0 atom stereocenters. The zero-order valence-electron chi connectivity index (χ0n) is 11.7. The molecule has 0 saturated carbocycles. The SMILES string of the molecule is CCCCCCC=N.Cc1cccc(CC=N)c1. The summed E-state index contributed by atoms with van der Waals surface area (Å²) in [5.41, 5.74) is 2.48. The highest BCUT2D eigenvalue weighted by Gasteiger charge is 1.88. The fourth-order valence-corrected chi connectivity index (χ4v) is 1.63. The van der Waals surface area contributed by atoms with Crippen molar-refractivity contribution in [3.05, 3.63) is 35.4 Å². The predicted molar refractivity (Wildman–Crippen MR) is 81.2 cm³/mol. The van der Waals surface area contributed by atoms with Gasteiger partial charge < -0.3 is 10.8 Å². The average Bonchev–Trinajstić information content (AvgIpc) is 2.36. The van der Waals surface area contributed by atoms with Crippen molar-refractivity contribution in [1.29, 1.82) is 10.8 Å². The third-order valence-electron chi connectivity index (χ3n) is 2.62. The van der Waals surface area contributed by atoms with E-state index in [-0.39, 0.29) is 0 Å². The Hall–Kier alpha value is -1.44. The standard InChI is InChI=1S/C9H11N.C7H15N/c1-8-3-2-4-9(7-8)5-6-10;1-2-3-4-5-6-7-8/h2-4,6-7,10H,5H2,1H3;7-8H,2-6H2,1H3. The van der Waals surface area contributed by atoms with E-state index in [4.69, 9.17) is 10.8 Å². The van der Waals surface area contributed by atoms with E-state index in [0.29, 0.717) is 0 Å². The van der Waals surface area contributed by atoms with Gasteiger partial charge in [0.2, 0.25) is 0 Å². The molecule has 0 aliphatic rings. The molecule has 0 aliphatic carbocycles. The number of hydrogen-bond donors (Lipinski definition) is 2. The number of benzene rings is 1. The zero-order valence-corrected chi connectivity index (χ0v) is 11.7. The first kappa shape index (κ1) is 16.6. The Balaban J connectivity index is 0.000000331. The molecule has 0 heterocycles. The molecule has 0 fully saturated rings. The lowest BCUT2D eigenvalue weighted by atomic mass is 10.1. The summed E-state index contributed by atoms with van der Waals surface area (Å²) in [6, 6.07) is 8.23. The van der Waals surface area contributed by atoms with Gasteiger partial charge in [-0.3, -0.25) is 0 Å². The van der Waals surface area contributed by atoms with Crippen molar-refractivity contribution in [2.24, 2.45) is 0 Å². The maximum atomic E-state index is 6.89. The summed E-state index contributed by atoms with van der Waals surface area (Å²) in [5, 5.41) is 13.6. The molecule has 1 aromatic rings. The summed E-state index contributed by atoms with van der Waals surface area (Å²) >= 11 is 0. The van der Waals surface area contributed by atoms with Crippen LogP contribution in [-0.2, 0) is 6.42 Å². The van der Waals surface area contributed by atoms with Crippen LogP contribution in [0.15, 0.2) is 24.3 Å². The summed E-state index contributed by atoms with van der Waals surface area (Å²) < 4.78 is 0. The fraction of sp³-hybridized carbons (Fsp3) is 0.500. The molecule has 0 radical (unpaired) electrons. The smallest absolute Gasteiger partial charge is 0.00715 e. The molecule has 2 nitrogen and oxygen atoms in total. The molecular weight excluding hydrogens is 220 g/mol. The molecule has 18 heavy (non-hydrogen) atoms. The van der Waals surface area contributed by atoms with Crippen LogP contribution in [0.4, 0.5) is 0 Å². The summed E-state index contributed by atoms with van der Waals surface area (Å²) in [6.45, 7) is 4.26. The van der Waals surface area contributed by atoms with E-state index in [1.807, 2.05) is 12.1 Å². The van der Waals surface area contributed by atoms with Crippen LogP contribution in [0.3, 0.4) is 0 Å². The maximum Gasteiger partial charge on any atom is 0.00715 e. The van der Waals surface area contributed by atoms with Crippen molar-refractivity contribution < 1.29 is 0 Å². The number of nitrogens with one attached hydrogen (secondary N) is 2. The summed E-state index contributed by atoms with van der Waals surface area (Å²) in [7, 11) is 0. The molecule has 0 aliphatic heterocycles. The van der Waals surface area contributed by atoms with Crippen LogP contribution < -0.4 is 0 Å². The van der Waals surface area contributed by atoms with Crippen LogP contribution in [-0.4, -0.2) is 12.4 Å². The Bertz CT molecular complexity index is 332. The molecule has 2 N–H and O–H groups in total. The average molecular weight is 246 g/mol. The summed E-state index contributed by atoms with van der Waals surface area (Å²) in [5.74, 6) is 0. The van der Waals surface area contributed by atoms with E-state index in [1.165, 1.54) is 49.2 Å². The lowest BCUT2D eigenvalue weighted by Crippen LogP contribution is -1.84. The normalized spacial score (nSPS) is 9.22. The number of rotatable bonds is 7. The second kappa shape index (κ2) is 12.0. The minimum absolute atomic E-state index is 0.752. The first-order valence-electron chi connectivity index (χ1n) is 6.78. The van der Waals surface area contributed by atoms with Crippen LogP contribution in [0, 0.1) is 17.7 Å². The second-order valence-corrected chi connectivity index (χ2v) is 4.45. The van der Waals surface area contributed by atoms with Crippen molar-refractivity contribution in [1.82, 2.24) is 0 Å². The van der Waals surface area contributed by atoms with E-state index < -0.39 is 0 Å². The molecule has 2 heteroatoms. The largest absolute Gasteiger partial charge is 0.313 e. The van der Waals surface area contributed by atoms with E-state index in [1.54, 1.807) is 0 Å². The van der Waals surface area contributed by atoms with Gasteiger partial charge in [0.05, 0.1) is 0 Å². The van der Waals surface area contributed by atoms with E-state index in [0.717, 1.165) is 12.8 Å². The van der Waals surface area contributed by atoms with Gasteiger partial charge in [0.25, 0.3) is 0 Å². The number of hydrogen-bond acceptors (Lipinski definition) is 2.